The zero-order chi connectivity index (χ0) is 12.3. The highest BCUT2D eigenvalue weighted by molar-refractivity contribution is 9.10. The second kappa shape index (κ2) is 6.35. The largest absolute Gasteiger partial charge is 0.298 e. The molecule has 0 N–H and O–H groups in total. The van der Waals surface area contributed by atoms with E-state index in [4.69, 9.17) is 0 Å². The fraction of sp³-hybridized carbons (Fsp3) is 0.714. The van der Waals surface area contributed by atoms with Crippen molar-refractivity contribution < 1.29 is 0 Å². The van der Waals surface area contributed by atoms with Crippen LogP contribution in [0.3, 0.4) is 0 Å². The first kappa shape index (κ1) is 13.6. The minimum Gasteiger partial charge on any atom is -0.298 e. The van der Waals surface area contributed by atoms with E-state index in [1.54, 1.807) is 0 Å². The molecular weight excluding hydrogens is 294 g/mol. The predicted octanol–water partition coefficient (Wildman–Crippen LogP) is 4.91. The first-order chi connectivity index (χ1) is 8.20. The summed E-state index contributed by atoms with van der Waals surface area (Å²) in [5.41, 5.74) is 0. The minimum absolute atomic E-state index is 0.798. The summed E-state index contributed by atoms with van der Waals surface area (Å²) in [7, 11) is 2.28. The summed E-state index contributed by atoms with van der Waals surface area (Å²) in [4.78, 5) is 4.01. The molecule has 3 heteroatoms. The molecule has 0 bridgehead atoms. The zero-order valence-corrected chi connectivity index (χ0v) is 13.2. The van der Waals surface area contributed by atoms with Gasteiger partial charge in [-0.3, -0.25) is 4.90 Å². The Bertz CT molecular complexity index is 342. The topological polar surface area (TPSA) is 3.24 Å². The normalized spacial score (nSPS) is 25.4. The number of hydrogen-bond donors (Lipinski definition) is 0. The molecule has 0 spiro atoms. The van der Waals surface area contributed by atoms with E-state index in [1.165, 1.54) is 41.5 Å². The van der Waals surface area contributed by atoms with E-state index >= 15 is 0 Å². The van der Waals surface area contributed by atoms with Crippen molar-refractivity contribution in [2.24, 2.45) is 5.92 Å². The van der Waals surface area contributed by atoms with Crippen LogP contribution in [-0.2, 0) is 6.54 Å². The van der Waals surface area contributed by atoms with Crippen LogP contribution < -0.4 is 0 Å². The summed E-state index contributed by atoms with van der Waals surface area (Å²) < 4.78 is 1.27. The Morgan fingerprint density at radius 2 is 2.06 bits per heavy atom. The van der Waals surface area contributed by atoms with Crippen LogP contribution in [-0.4, -0.2) is 18.0 Å². The van der Waals surface area contributed by atoms with Gasteiger partial charge in [0.05, 0.1) is 0 Å². The molecular formula is C14H22BrNS. The summed E-state index contributed by atoms with van der Waals surface area (Å²) >= 11 is 5.48. The Morgan fingerprint density at radius 1 is 1.35 bits per heavy atom. The third-order valence-corrected chi connectivity index (χ3v) is 6.01. The number of rotatable bonds is 4. The van der Waals surface area contributed by atoms with Crippen molar-refractivity contribution in [3.05, 3.63) is 20.8 Å². The fourth-order valence-electron chi connectivity index (χ4n) is 2.79. The molecule has 2 rings (SSSR count). The first-order valence-corrected chi connectivity index (χ1v) is 8.30. The van der Waals surface area contributed by atoms with Crippen LogP contribution in [0.25, 0.3) is 0 Å². The Morgan fingerprint density at radius 3 is 2.59 bits per heavy atom. The van der Waals surface area contributed by atoms with Gasteiger partial charge in [0.1, 0.15) is 0 Å². The van der Waals surface area contributed by atoms with E-state index in [-0.39, 0.29) is 0 Å². The smallest absolute Gasteiger partial charge is 0.0339 e. The Hall–Kier alpha value is 0.140. The summed E-state index contributed by atoms with van der Waals surface area (Å²) in [6.45, 7) is 3.43. The number of nitrogens with zero attached hydrogens (tertiary/aromatic N) is 1. The van der Waals surface area contributed by atoms with E-state index in [1.807, 2.05) is 11.3 Å². The quantitative estimate of drug-likeness (QED) is 0.763. The van der Waals surface area contributed by atoms with Crippen LogP contribution in [0.1, 0.15) is 43.9 Å². The Balaban J connectivity index is 1.85. The summed E-state index contributed by atoms with van der Waals surface area (Å²) in [6, 6.07) is 2.95. The van der Waals surface area contributed by atoms with Crippen LogP contribution in [0.5, 0.6) is 0 Å². The molecule has 1 nitrogen and oxygen atoms in total. The highest BCUT2D eigenvalue weighted by Crippen LogP contribution is 2.31. The number of halogens is 1. The number of hydrogen-bond acceptors (Lipinski definition) is 2. The summed E-state index contributed by atoms with van der Waals surface area (Å²) in [5.74, 6) is 0.994. The molecule has 1 heterocycles. The van der Waals surface area contributed by atoms with Gasteiger partial charge in [-0.05, 0) is 66.0 Å². The second-order valence-electron chi connectivity index (χ2n) is 5.19. The molecule has 0 amide bonds. The van der Waals surface area contributed by atoms with Crippen LogP contribution >= 0.6 is 27.3 Å². The third kappa shape index (κ3) is 3.55. The summed E-state index contributed by atoms with van der Waals surface area (Å²) in [5, 5.41) is 2.17. The van der Waals surface area contributed by atoms with E-state index in [0.29, 0.717) is 0 Å². The van der Waals surface area contributed by atoms with Crippen molar-refractivity contribution in [1.82, 2.24) is 4.90 Å². The van der Waals surface area contributed by atoms with Gasteiger partial charge in [-0.25, -0.2) is 0 Å². The van der Waals surface area contributed by atoms with E-state index in [9.17, 15) is 0 Å². The zero-order valence-electron chi connectivity index (χ0n) is 10.8. The lowest BCUT2D eigenvalue weighted by molar-refractivity contribution is 0.158. The van der Waals surface area contributed by atoms with Gasteiger partial charge in [0, 0.05) is 21.9 Å². The van der Waals surface area contributed by atoms with Gasteiger partial charge in [-0.15, -0.1) is 11.3 Å². The number of thiophene rings is 1. The van der Waals surface area contributed by atoms with Gasteiger partial charge in [0.2, 0.25) is 0 Å². The monoisotopic (exact) mass is 315 g/mol. The average Bonchev–Trinajstić information content (AvgIpc) is 2.75. The van der Waals surface area contributed by atoms with Crippen molar-refractivity contribution in [3.8, 4) is 0 Å². The maximum atomic E-state index is 3.62. The molecule has 0 atom stereocenters. The van der Waals surface area contributed by atoms with Crippen molar-refractivity contribution in [3.63, 3.8) is 0 Å². The molecule has 1 aromatic rings. The molecule has 0 radical (unpaired) electrons. The van der Waals surface area contributed by atoms with Gasteiger partial charge < -0.3 is 0 Å². The van der Waals surface area contributed by atoms with Gasteiger partial charge in [-0.2, -0.15) is 0 Å². The molecule has 96 valence electrons. The minimum atomic E-state index is 0.798. The lowest BCUT2D eigenvalue weighted by Crippen LogP contribution is -2.34. The van der Waals surface area contributed by atoms with Gasteiger partial charge in [-0.1, -0.05) is 13.3 Å². The summed E-state index contributed by atoms with van der Waals surface area (Å²) in [6.07, 6.45) is 7.00. The first-order valence-electron chi connectivity index (χ1n) is 6.62. The van der Waals surface area contributed by atoms with Crippen molar-refractivity contribution in [2.75, 3.05) is 7.05 Å². The van der Waals surface area contributed by atoms with Crippen LogP contribution in [0.15, 0.2) is 15.9 Å². The Kier molecular flexibility index (Phi) is 5.07. The van der Waals surface area contributed by atoms with Crippen molar-refractivity contribution in [2.45, 2.75) is 51.6 Å². The molecule has 0 saturated heterocycles. The standard InChI is InChI=1S/C14H22BrNS/c1-3-11-4-6-12(7-5-11)16(2)10-14-13(15)8-9-17-14/h8-9,11-12H,3-7,10H2,1-2H3. The van der Waals surface area contributed by atoms with Gasteiger partial charge >= 0.3 is 0 Å². The molecule has 1 aromatic heterocycles. The molecule has 1 aliphatic rings. The highest BCUT2D eigenvalue weighted by Gasteiger charge is 2.23. The van der Waals surface area contributed by atoms with Gasteiger partial charge in [0.15, 0.2) is 0 Å². The fourth-order valence-corrected chi connectivity index (χ4v) is 4.33. The molecule has 0 aromatic carbocycles. The highest BCUT2D eigenvalue weighted by atomic mass is 79.9. The van der Waals surface area contributed by atoms with Crippen LogP contribution in [0, 0.1) is 5.92 Å². The maximum absolute atomic E-state index is 3.62. The SMILES string of the molecule is CCC1CCC(N(C)Cc2sccc2Br)CC1. The van der Waals surface area contributed by atoms with Gasteiger partial charge in [0.25, 0.3) is 0 Å². The molecule has 1 aliphatic carbocycles. The third-order valence-electron chi connectivity index (χ3n) is 4.10. The molecule has 17 heavy (non-hydrogen) atoms. The lowest BCUT2D eigenvalue weighted by Gasteiger charge is -2.34. The average molecular weight is 316 g/mol. The van der Waals surface area contributed by atoms with Crippen molar-refractivity contribution >= 4 is 27.3 Å². The molecule has 1 fully saturated rings. The molecule has 0 unspecified atom stereocenters. The van der Waals surface area contributed by atoms with Crippen LogP contribution in [0.4, 0.5) is 0 Å². The van der Waals surface area contributed by atoms with E-state index in [2.05, 4.69) is 46.2 Å². The maximum Gasteiger partial charge on any atom is 0.0339 e. The van der Waals surface area contributed by atoms with Crippen LogP contribution in [0.2, 0.25) is 0 Å². The van der Waals surface area contributed by atoms with E-state index in [0.717, 1.165) is 18.5 Å². The molecule has 0 aliphatic heterocycles. The Labute approximate surface area is 117 Å². The second-order valence-corrected chi connectivity index (χ2v) is 7.04. The van der Waals surface area contributed by atoms with Crippen molar-refractivity contribution in [1.29, 1.82) is 0 Å². The van der Waals surface area contributed by atoms with E-state index < -0.39 is 0 Å². The predicted molar refractivity (Wildman–Crippen MR) is 79.5 cm³/mol. The lowest BCUT2D eigenvalue weighted by atomic mass is 9.84. The molecule has 1 saturated carbocycles.